The Balaban J connectivity index is 1.48. The first kappa shape index (κ1) is 22.3. The molecule has 0 aromatic heterocycles. The number of nitriles is 1. The van der Waals surface area contributed by atoms with Gasteiger partial charge in [0.2, 0.25) is 0 Å². The summed E-state index contributed by atoms with van der Waals surface area (Å²) in [6.45, 7) is 1.94. The van der Waals surface area contributed by atoms with E-state index in [2.05, 4.69) is 23.1 Å². The van der Waals surface area contributed by atoms with Crippen molar-refractivity contribution in [2.24, 2.45) is 0 Å². The van der Waals surface area contributed by atoms with Gasteiger partial charge in [0.25, 0.3) is 0 Å². The molecule has 4 rings (SSSR count). The summed E-state index contributed by atoms with van der Waals surface area (Å²) in [6.07, 6.45) is 4.71. The zero-order valence-electron chi connectivity index (χ0n) is 19.4. The zero-order valence-corrected chi connectivity index (χ0v) is 19.4. The molecule has 1 aliphatic carbocycles. The lowest BCUT2D eigenvalue weighted by Gasteiger charge is -2.42. The molecule has 1 aliphatic heterocycles. The van der Waals surface area contributed by atoms with Gasteiger partial charge in [-0.3, -0.25) is 4.90 Å². The van der Waals surface area contributed by atoms with Crippen LogP contribution in [0.4, 0.5) is 0 Å². The Morgan fingerprint density at radius 3 is 2.03 bits per heavy atom. The fraction of sp³-hybridized carbons (Fsp3) is 0.500. The van der Waals surface area contributed by atoms with Gasteiger partial charge in [-0.15, -0.1) is 0 Å². The number of hydrogen-bond donors (Lipinski definition) is 0. The molecule has 1 saturated carbocycles. The van der Waals surface area contributed by atoms with Gasteiger partial charge < -0.3 is 18.9 Å². The van der Waals surface area contributed by atoms with E-state index in [1.165, 1.54) is 11.1 Å². The molecule has 6 nitrogen and oxygen atoms in total. The normalized spacial score (nSPS) is 23.0. The molecule has 0 N–H and O–H groups in total. The number of benzene rings is 2. The van der Waals surface area contributed by atoms with Crippen molar-refractivity contribution in [3.63, 3.8) is 0 Å². The quantitative estimate of drug-likeness (QED) is 0.665. The van der Waals surface area contributed by atoms with Gasteiger partial charge in [0, 0.05) is 19.1 Å². The average molecular weight is 437 g/mol. The van der Waals surface area contributed by atoms with Crippen LogP contribution in [0.15, 0.2) is 30.3 Å². The van der Waals surface area contributed by atoms with Crippen LogP contribution in [-0.4, -0.2) is 45.9 Å². The molecule has 170 valence electrons. The number of fused-ring (bicyclic) bond motifs is 1. The molecule has 6 heteroatoms. The fourth-order valence-electron chi connectivity index (χ4n) is 5.28. The van der Waals surface area contributed by atoms with Crippen LogP contribution in [0.5, 0.6) is 23.0 Å². The number of ether oxygens (including phenoxy) is 4. The van der Waals surface area contributed by atoms with Crippen LogP contribution in [0.2, 0.25) is 0 Å². The van der Waals surface area contributed by atoms with Gasteiger partial charge in [-0.25, -0.2) is 0 Å². The van der Waals surface area contributed by atoms with E-state index in [-0.39, 0.29) is 0 Å². The lowest BCUT2D eigenvalue weighted by molar-refractivity contribution is 0.123. The minimum absolute atomic E-state index is 0.472. The maximum absolute atomic E-state index is 10.2. The molecule has 32 heavy (non-hydrogen) atoms. The summed E-state index contributed by atoms with van der Waals surface area (Å²) in [7, 11) is 6.63. The lowest BCUT2D eigenvalue weighted by atomic mass is 9.68. The van der Waals surface area contributed by atoms with Crippen LogP contribution in [0.1, 0.15) is 42.4 Å². The SMILES string of the molecule is COc1ccc(C2(C#N)CCC(N3CCc4cc(OC)c(OC)cc4C3)CC2)cc1OC. The molecular weight excluding hydrogens is 404 g/mol. The molecule has 1 fully saturated rings. The first-order valence-corrected chi connectivity index (χ1v) is 11.2. The van der Waals surface area contributed by atoms with Crippen molar-refractivity contribution in [3.05, 3.63) is 47.0 Å². The molecule has 0 bridgehead atoms. The van der Waals surface area contributed by atoms with Gasteiger partial charge in [0.05, 0.1) is 39.9 Å². The molecule has 0 atom stereocenters. The Morgan fingerprint density at radius 2 is 1.44 bits per heavy atom. The Kier molecular flexibility index (Phi) is 6.48. The first-order chi connectivity index (χ1) is 15.6. The van der Waals surface area contributed by atoms with Gasteiger partial charge >= 0.3 is 0 Å². The van der Waals surface area contributed by atoms with Crippen LogP contribution in [0.3, 0.4) is 0 Å². The number of methoxy groups -OCH3 is 4. The third kappa shape index (κ3) is 3.98. The number of nitrogens with zero attached hydrogens (tertiary/aromatic N) is 2. The molecule has 1 heterocycles. The highest BCUT2D eigenvalue weighted by Crippen LogP contribution is 2.44. The molecule has 0 radical (unpaired) electrons. The second-order valence-electron chi connectivity index (χ2n) is 8.69. The Labute approximate surface area is 190 Å². The predicted molar refractivity (Wildman–Crippen MR) is 123 cm³/mol. The molecule has 0 amide bonds. The smallest absolute Gasteiger partial charge is 0.161 e. The van der Waals surface area contributed by atoms with E-state index in [4.69, 9.17) is 18.9 Å². The Hall–Kier alpha value is -2.91. The van der Waals surface area contributed by atoms with Gasteiger partial charge in [-0.2, -0.15) is 5.26 Å². The topological polar surface area (TPSA) is 64.0 Å². The third-order valence-corrected chi connectivity index (χ3v) is 7.22. The molecule has 0 saturated heterocycles. The minimum atomic E-state index is -0.472. The van der Waals surface area contributed by atoms with Crippen molar-refractivity contribution < 1.29 is 18.9 Å². The van der Waals surface area contributed by atoms with Gasteiger partial charge in [0.1, 0.15) is 0 Å². The van der Waals surface area contributed by atoms with Crippen LogP contribution >= 0.6 is 0 Å². The second-order valence-corrected chi connectivity index (χ2v) is 8.69. The van der Waals surface area contributed by atoms with E-state index in [0.29, 0.717) is 17.5 Å². The van der Waals surface area contributed by atoms with E-state index >= 15 is 0 Å². The monoisotopic (exact) mass is 436 g/mol. The van der Waals surface area contributed by atoms with Crippen molar-refractivity contribution in [1.82, 2.24) is 4.90 Å². The standard InChI is InChI=1S/C26H32N2O4/c1-29-22-6-5-20(15-25(22)32-4)26(17-27)10-7-21(8-11-26)28-12-9-18-13-23(30-2)24(31-3)14-19(18)16-28/h5-6,13-15,21H,7-12,16H2,1-4H3. The van der Waals surface area contributed by atoms with Crippen molar-refractivity contribution in [3.8, 4) is 29.1 Å². The largest absolute Gasteiger partial charge is 0.493 e. The molecule has 0 unspecified atom stereocenters. The molecule has 2 aromatic rings. The zero-order chi connectivity index (χ0) is 22.7. The van der Waals surface area contributed by atoms with Gasteiger partial charge in [-0.05, 0) is 73.1 Å². The second kappa shape index (κ2) is 9.30. The van der Waals surface area contributed by atoms with Crippen LogP contribution in [0, 0.1) is 11.3 Å². The highest BCUT2D eigenvalue weighted by atomic mass is 16.5. The Bertz CT molecular complexity index is 1010. The maximum atomic E-state index is 10.2. The van der Waals surface area contributed by atoms with Crippen molar-refractivity contribution in [1.29, 1.82) is 5.26 Å². The van der Waals surface area contributed by atoms with Crippen LogP contribution in [-0.2, 0) is 18.4 Å². The van der Waals surface area contributed by atoms with Crippen molar-refractivity contribution in [2.45, 2.75) is 50.1 Å². The predicted octanol–water partition coefficient (Wildman–Crippen LogP) is 4.48. The highest BCUT2D eigenvalue weighted by Gasteiger charge is 2.39. The van der Waals surface area contributed by atoms with Crippen LogP contribution < -0.4 is 18.9 Å². The van der Waals surface area contributed by atoms with Gasteiger partial charge in [-0.1, -0.05) is 6.07 Å². The summed E-state index contributed by atoms with van der Waals surface area (Å²) in [5.41, 5.74) is 3.20. The van der Waals surface area contributed by atoms with E-state index < -0.39 is 5.41 Å². The maximum Gasteiger partial charge on any atom is 0.161 e. The van der Waals surface area contributed by atoms with Crippen molar-refractivity contribution in [2.75, 3.05) is 35.0 Å². The summed E-state index contributed by atoms with van der Waals surface area (Å²) in [5.74, 6) is 2.95. The number of rotatable bonds is 6. The fourth-order valence-corrected chi connectivity index (χ4v) is 5.28. The first-order valence-electron chi connectivity index (χ1n) is 11.2. The van der Waals surface area contributed by atoms with E-state index in [1.54, 1.807) is 28.4 Å². The summed E-state index contributed by atoms with van der Waals surface area (Å²) < 4.78 is 21.8. The van der Waals surface area contributed by atoms with E-state index in [0.717, 1.165) is 62.3 Å². The summed E-state index contributed by atoms with van der Waals surface area (Å²) >= 11 is 0. The third-order valence-electron chi connectivity index (χ3n) is 7.22. The molecular formula is C26H32N2O4. The summed E-state index contributed by atoms with van der Waals surface area (Å²) in [5, 5.41) is 10.2. The minimum Gasteiger partial charge on any atom is -0.493 e. The lowest BCUT2D eigenvalue weighted by Crippen LogP contribution is -2.44. The summed E-state index contributed by atoms with van der Waals surface area (Å²) in [4.78, 5) is 2.57. The highest BCUT2D eigenvalue weighted by molar-refractivity contribution is 5.49. The van der Waals surface area contributed by atoms with E-state index in [1.807, 2.05) is 18.2 Å². The molecule has 0 spiro atoms. The van der Waals surface area contributed by atoms with E-state index in [9.17, 15) is 5.26 Å². The molecule has 2 aromatic carbocycles. The number of hydrogen-bond acceptors (Lipinski definition) is 6. The van der Waals surface area contributed by atoms with Crippen LogP contribution in [0.25, 0.3) is 0 Å². The molecule has 2 aliphatic rings. The Morgan fingerprint density at radius 1 is 0.844 bits per heavy atom. The van der Waals surface area contributed by atoms with Crippen molar-refractivity contribution >= 4 is 0 Å². The average Bonchev–Trinajstić information content (AvgIpc) is 2.87. The summed E-state index contributed by atoms with van der Waals surface area (Å²) in [6, 6.07) is 13.3. The van der Waals surface area contributed by atoms with Gasteiger partial charge in [0.15, 0.2) is 23.0 Å².